The monoisotopic (exact) mass is 351 g/mol. The van der Waals surface area contributed by atoms with Crippen LogP contribution in [0.25, 0.3) is 21.9 Å². The highest BCUT2D eigenvalue weighted by atomic mass is 16.1. The zero-order valence-electron chi connectivity index (χ0n) is 15.7. The number of pyridine rings is 1. The van der Waals surface area contributed by atoms with E-state index in [1.807, 2.05) is 34.4 Å². The summed E-state index contributed by atoms with van der Waals surface area (Å²) in [5, 5.41) is 0.807. The largest absolute Gasteiger partial charge is 0.328 e. The quantitative estimate of drug-likeness (QED) is 0.678. The van der Waals surface area contributed by atoms with E-state index < -0.39 is 0 Å². The van der Waals surface area contributed by atoms with Crippen LogP contribution < -0.4 is 11.0 Å². The van der Waals surface area contributed by atoms with Crippen molar-refractivity contribution < 1.29 is 0 Å². The fraction of sp³-hybridized carbons (Fsp3) is 0.476. The van der Waals surface area contributed by atoms with E-state index in [-0.39, 0.29) is 22.4 Å². The molecule has 1 aliphatic rings. The summed E-state index contributed by atoms with van der Waals surface area (Å²) in [6.07, 6.45) is 4.98. The molecule has 0 aliphatic heterocycles. The summed E-state index contributed by atoms with van der Waals surface area (Å²) in [5.41, 5.74) is 0.951. The third-order valence-corrected chi connectivity index (χ3v) is 5.50. The van der Waals surface area contributed by atoms with Crippen LogP contribution in [-0.4, -0.2) is 14.1 Å². The van der Waals surface area contributed by atoms with Crippen LogP contribution in [0.15, 0.2) is 33.9 Å². The number of benzene rings is 1. The van der Waals surface area contributed by atoms with E-state index in [0.717, 1.165) is 43.4 Å². The minimum Gasteiger partial charge on any atom is -0.328 e. The third-order valence-electron chi connectivity index (χ3n) is 5.50. The SMILES string of the molecule is CC(C)Cc1nc2c(c(=O)c3ccccc3n2C)c(=O)n1C1CCCC1. The highest BCUT2D eigenvalue weighted by Crippen LogP contribution is 2.30. The van der Waals surface area contributed by atoms with Crippen LogP contribution in [0.2, 0.25) is 0 Å². The van der Waals surface area contributed by atoms with Gasteiger partial charge in [0.15, 0.2) is 5.65 Å². The second-order valence-corrected chi connectivity index (χ2v) is 7.84. The number of hydrogen-bond donors (Lipinski definition) is 0. The summed E-state index contributed by atoms with van der Waals surface area (Å²) >= 11 is 0. The van der Waals surface area contributed by atoms with E-state index in [4.69, 9.17) is 4.98 Å². The lowest BCUT2D eigenvalue weighted by Crippen LogP contribution is -2.33. The Morgan fingerprint density at radius 2 is 1.85 bits per heavy atom. The Kier molecular flexibility index (Phi) is 4.17. The van der Waals surface area contributed by atoms with Gasteiger partial charge in [-0.05, 0) is 30.9 Å². The first-order chi connectivity index (χ1) is 12.5. The second-order valence-electron chi connectivity index (χ2n) is 7.84. The molecule has 2 heterocycles. The van der Waals surface area contributed by atoms with Crippen molar-refractivity contribution in [3.05, 3.63) is 50.7 Å². The first kappa shape index (κ1) is 17.0. The number of aromatic nitrogens is 3. The molecule has 0 atom stereocenters. The lowest BCUT2D eigenvalue weighted by molar-refractivity contribution is 0.458. The average molecular weight is 351 g/mol. The van der Waals surface area contributed by atoms with Gasteiger partial charge in [0.2, 0.25) is 5.43 Å². The smallest absolute Gasteiger partial charge is 0.267 e. The van der Waals surface area contributed by atoms with E-state index in [1.165, 1.54) is 0 Å². The van der Waals surface area contributed by atoms with Crippen LogP contribution in [0.4, 0.5) is 0 Å². The molecule has 5 heteroatoms. The molecule has 0 bridgehead atoms. The molecule has 3 aromatic rings. The van der Waals surface area contributed by atoms with Gasteiger partial charge in [-0.3, -0.25) is 14.2 Å². The van der Waals surface area contributed by atoms with Crippen molar-refractivity contribution >= 4 is 21.9 Å². The fourth-order valence-corrected chi connectivity index (χ4v) is 4.26. The van der Waals surface area contributed by atoms with Crippen LogP contribution in [0.1, 0.15) is 51.4 Å². The fourth-order valence-electron chi connectivity index (χ4n) is 4.26. The highest BCUT2D eigenvalue weighted by Gasteiger charge is 2.25. The van der Waals surface area contributed by atoms with Gasteiger partial charge in [-0.2, -0.15) is 0 Å². The lowest BCUT2D eigenvalue weighted by atomic mass is 10.1. The van der Waals surface area contributed by atoms with Gasteiger partial charge in [0.05, 0.1) is 5.52 Å². The highest BCUT2D eigenvalue weighted by molar-refractivity contribution is 5.91. The summed E-state index contributed by atoms with van der Waals surface area (Å²) < 4.78 is 3.72. The van der Waals surface area contributed by atoms with Crippen molar-refractivity contribution in [3.8, 4) is 0 Å². The molecule has 0 radical (unpaired) electrons. The predicted molar refractivity (Wildman–Crippen MR) is 105 cm³/mol. The van der Waals surface area contributed by atoms with Crippen LogP contribution in [0, 0.1) is 5.92 Å². The van der Waals surface area contributed by atoms with Crippen molar-refractivity contribution in [2.45, 2.75) is 52.0 Å². The van der Waals surface area contributed by atoms with Crippen LogP contribution in [0.5, 0.6) is 0 Å². The summed E-state index contributed by atoms with van der Waals surface area (Å²) in [7, 11) is 1.88. The Labute approximate surface area is 152 Å². The summed E-state index contributed by atoms with van der Waals surface area (Å²) in [6, 6.07) is 7.61. The molecule has 0 saturated heterocycles. The van der Waals surface area contributed by atoms with Crippen molar-refractivity contribution in [2.24, 2.45) is 13.0 Å². The van der Waals surface area contributed by atoms with Gasteiger partial charge in [-0.1, -0.05) is 38.8 Å². The maximum atomic E-state index is 13.4. The molecule has 2 aromatic heterocycles. The molecule has 26 heavy (non-hydrogen) atoms. The lowest BCUT2D eigenvalue weighted by Gasteiger charge is -2.21. The van der Waals surface area contributed by atoms with Gasteiger partial charge >= 0.3 is 0 Å². The van der Waals surface area contributed by atoms with Crippen LogP contribution in [0.3, 0.4) is 0 Å². The molecule has 4 rings (SSSR count). The number of para-hydroxylation sites is 1. The number of nitrogens with zero attached hydrogens (tertiary/aromatic N) is 3. The molecule has 1 aliphatic carbocycles. The maximum absolute atomic E-state index is 13.4. The van der Waals surface area contributed by atoms with Gasteiger partial charge in [-0.15, -0.1) is 0 Å². The molecule has 1 fully saturated rings. The number of aryl methyl sites for hydroxylation is 1. The molecule has 0 amide bonds. The molecular formula is C21H25N3O2. The molecule has 0 unspecified atom stereocenters. The number of rotatable bonds is 3. The van der Waals surface area contributed by atoms with E-state index >= 15 is 0 Å². The number of fused-ring (bicyclic) bond motifs is 2. The van der Waals surface area contributed by atoms with Crippen molar-refractivity contribution in [1.29, 1.82) is 0 Å². The standard InChI is InChI=1S/C21H25N3O2/c1-13(2)12-17-22-20-18(21(26)24(17)14-8-4-5-9-14)19(25)15-10-6-7-11-16(15)23(20)3/h6-7,10-11,13-14H,4-5,8-9,12H2,1-3H3. The third kappa shape index (κ3) is 2.57. The number of hydrogen-bond acceptors (Lipinski definition) is 3. The Bertz CT molecular complexity index is 1100. The van der Waals surface area contributed by atoms with Gasteiger partial charge in [0.25, 0.3) is 5.56 Å². The van der Waals surface area contributed by atoms with E-state index in [2.05, 4.69) is 13.8 Å². The molecule has 0 spiro atoms. The summed E-state index contributed by atoms with van der Waals surface area (Å²) in [4.78, 5) is 31.4. The predicted octanol–water partition coefficient (Wildman–Crippen LogP) is 3.56. The van der Waals surface area contributed by atoms with Crippen molar-refractivity contribution in [3.63, 3.8) is 0 Å². The van der Waals surface area contributed by atoms with E-state index in [1.54, 1.807) is 6.07 Å². The first-order valence-electron chi connectivity index (χ1n) is 9.52. The summed E-state index contributed by atoms with van der Waals surface area (Å²) in [5.74, 6) is 1.21. The van der Waals surface area contributed by atoms with Crippen molar-refractivity contribution in [1.82, 2.24) is 14.1 Å². The molecule has 136 valence electrons. The Morgan fingerprint density at radius 3 is 2.54 bits per heavy atom. The Balaban J connectivity index is 2.14. The average Bonchev–Trinajstić information content (AvgIpc) is 3.13. The zero-order valence-corrected chi connectivity index (χ0v) is 15.7. The molecule has 1 aromatic carbocycles. The summed E-state index contributed by atoms with van der Waals surface area (Å²) in [6.45, 7) is 4.27. The van der Waals surface area contributed by atoms with Crippen molar-refractivity contribution in [2.75, 3.05) is 0 Å². The molecular weight excluding hydrogens is 326 g/mol. The zero-order chi connectivity index (χ0) is 18.4. The minimum atomic E-state index is -0.200. The Hall–Kier alpha value is -2.43. The molecule has 1 saturated carbocycles. The molecule has 0 N–H and O–H groups in total. The normalized spacial score (nSPS) is 15.5. The minimum absolute atomic E-state index is 0.163. The second kappa shape index (κ2) is 6.38. The molecule has 5 nitrogen and oxygen atoms in total. The Morgan fingerprint density at radius 1 is 1.15 bits per heavy atom. The first-order valence-corrected chi connectivity index (χ1v) is 9.52. The van der Waals surface area contributed by atoms with E-state index in [9.17, 15) is 9.59 Å². The van der Waals surface area contributed by atoms with Gasteiger partial charge in [-0.25, -0.2) is 4.98 Å². The van der Waals surface area contributed by atoms with Crippen LogP contribution >= 0.6 is 0 Å². The topological polar surface area (TPSA) is 56.9 Å². The van der Waals surface area contributed by atoms with E-state index in [0.29, 0.717) is 17.0 Å². The maximum Gasteiger partial charge on any atom is 0.267 e. The van der Waals surface area contributed by atoms with Gasteiger partial charge in [0, 0.05) is 24.9 Å². The van der Waals surface area contributed by atoms with Crippen LogP contribution in [-0.2, 0) is 13.5 Å². The van der Waals surface area contributed by atoms with Gasteiger partial charge < -0.3 is 4.57 Å². The van der Waals surface area contributed by atoms with Gasteiger partial charge in [0.1, 0.15) is 11.2 Å².